The number of aromatic nitrogens is 4. The van der Waals surface area contributed by atoms with Crippen LogP contribution in [0.4, 0.5) is 0 Å². The van der Waals surface area contributed by atoms with Gasteiger partial charge in [0.1, 0.15) is 0 Å². The normalized spacial score (nSPS) is 20.0. The van der Waals surface area contributed by atoms with E-state index in [0.29, 0.717) is 5.92 Å². The van der Waals surface area contributed by atoms with Crippen LogP contribution in [0.3, 0.4) is 0 Å². The molecule has 1 fully saturated rings. The van der Waals surface area contributed by atoms with E-state index < -0.39 is 0 Å². The van der Waals surface area contributed by atoms with Crippen molar-refractivity contribution in [1.82, 2.24) is 24.9 Å². The molecule has 3 heterocycles. The first-order chi connectivity index (χ1) is 10.2. The molecule has 0 aromatic carbocycles. The van der Waals surface area contributed by atoms with E-state index in [1.807, 2.05) is 6.20 Å². The van der Waals surface area contributed by atoms with Gasteiger partial charge in [-0.3, -0.25) is 14.7 Å². The second-order valence-corrected chi connectivity index (χ2v) is 6.05. The highest BCUT2D eigenvalue weighted by Gasteiger charge is 2.24. The molecule has 0 saturated carbocycles. The first-order valence-corrected chi connectivity index (χ1v) is 7.93. The number of aromatic amines is 1. The van der Waals surface area contributed by atoms with Gasteiger partial charge < -0.3 is 0 Å². The molecule has 0 aliphatic carbocycles. The number of aryl methyl sites for hydroxylation is 2. The molecular formula is C16H25N5. The fourth-order valence-corrected chi connectivity index (χ4v) is 3.44. The third-order valence-electron chi connectivity index (χ3n) is 4.68. The minimum atomic E-state index is 0.586. The Balaban J connectivity index is 1.72. The average Bonchev–Trinajstić information content (AvgIpc) is 3.11. The van der Waals surface area contributed by atoms with Crippen LogP contribution in [0, 0.1) is 13.8 Å². The zero-order valence-corrected chi connectivity index (χ0v) is 13.3. The molecule has 114 valence electrons. The summed E-state index contributed by atoms with van der Waals surface area (Å²) < 4.78 is 2.11. The number of nitrogens with zero attached hydrogens (tertiary/aromatic N) is 4. The van der Waals surface area contributed by atoms with E-state index in [4.69, 9.17) is 0 Å². The van der Waals surface area contributed by atoms with Crippen LogP contribution in [0.15, 0.2) is 12.3 Å². The maximum Gasteiger partial charge on any atom is 0.0641 e. The highest BCUT2D eigenvalue weighted by atomic mass is 15.3. The Hall–Kier alpha value is -1.62. The standard InChI is InChI=1S/C16H25N5/c1-4-21-13(3)15(12(2)19-21)11-20-9-5-6-14(10-20)16-7-8-17-18-16/h7-8,14H,4-6,9-11H2,1-3H3,(H,17,18). The Bertz CT molecular complexity index is 584. The van der Waals surface area contributed by atoms with Crippen LogP contribution in [0.1, 0.15) is 48.3 Å². The summed E-state index contributed by atoms with van der Waals surface area (Å²) in [5.41, 5.74) is 5.18. The lowest BCUT2D eigenvalue weighted by molar-refractivity contribution is 0.198. The third kappa shape index (κ3) is 2.88. The second-order valence-electron chi connectivity index (χ2n) is 6.05. The summed E-state index contributed by atoms with van der Waals surface area (Å²) in [6.45, 7) is 10.7. The van der Waals surface area contributed by atoms with Gasteiger partial charge in [0.2, 0.25) is 0 Å². The Morgan fingerprint density at radius 2 is 2.24 bits per heavy atom. The van der Waals surface area contributed by atoms with Gasteiger partial charge in [0.05, 0.1) is 5.69 Å². The van der Waals surface area contributed by atoms with Crippen molar-refractivity contribution in [2.75, 3.05) is 13.1 Å². The van der Waals surface area contributed by atoms with E-state index in [0.717, 1.165) is 19.6 Å². The van der Waals surface area contributed by atoms with Gasteiger partial charge in [0, 0.05) is 48.7 Å². The molecule has 21 heavy (non-hydrogen) atoms. The molecule has 1 N–H and O–H groups in total. The predicted molar refractivity (Wildman–Crippen MR) is 83.2 cm³/mol. The number of rotatable bonds is 4. The van der Waals surface area contributed by atoms with Gasteiger partial charge in [-0.25, -0.2) is 0 Å². The molecule has 1 atom stereocenters. The van der Waals surface area contributed by atoms with Crippen molar-refractivity contribution < 1.29 is 0 Å². The van der Waals surface area contributed by atoms with Gasteiger partial charge in [0.15, 0.2) is 0 Å². The number of hydrogen-bond donors (Lipinski definition) is 1. The zero-order chi connectivity index (χ0) is 14.8. The molecule has 2 aromatic rings. The average molecular weight is 287 g/mol. The van der Waals surface area contributed by atoms with Gasteiger partial charge in [-0.05, 0) is 46.2 Å². The first-order valence-electron chi connectivity index (χ1n) is 7.93. The minimum absolute atomic E-state index is 0.586. The van der Waals surface area contributed by atoms with E-state index in [1.54, 1.807) is 0 Å². The van der Waals surface area contributed by atoms with Crippen LogP contribution in [0.5, 0.6) is 0 Å². The molecule has 1 saturated heterocycles. The molecule has 5 nitrogen and oxygen atoms in total. The summed E-state index contributed by atoms with van der Waals surface area (Å²) in [5, 5.41) is 11.9. The highest BCUT2D eigenvalue weighted by molar-refractivity contribution is 5.24. The van der Waals surface area contributed by atoms with Gasteiger partial charge in [-0.2, -0.15) is 10.2 Å². The minimum Gasteiger partial charge on any atom is -0.298 e. The topological polar surface area (TPSA) is 49.7 Å². The summed E-state index contributed by atoms with van der Waals surface area (Å²) in [7, 11) is 0. The third-order valence-corrected chi connectivity index (χ3v) is 4.68. The van der Waals surface area contributed by atoms with Crippen molar-refractivity contribution in [3.8, 4) is 0 Å². The van der Waals surface area contributed by atoms with Gasteiger partial charge >= 0.3 is 0 Å². The van der Waals surface area contributed by atoms with Crippen molar-refractivity contribution in [2.24, 2.45) is 0 Å². The summed E-state index contributed by atoms with van der Waals surface area (Å²) in [5.74, 6) is 0.586. The molecule has 1 unspecified atom stereocenters. The zero-order valence-electron chi connectivity index (χ0n) is 13.3. The van der Waals surface area contributed by atoms with Crippen LogP contribution in [-0.2, 0) is 13.1 Å². The van der Waals surface area contributed by atoms with Crippen molar-refractivity contribution >= 4 is 0 Å². The fraction of sp³-hybridized carbons (Fsp3) is 0.625. The maximum atomic E-state index is 4.64. The molecule has 1 aliphatic rings. The highest BCUT2D eigenvalue weighted by Crippen LogP contribution is 2.27. The van der Waals surface area contributed by atoms with Crippen molar-refractivity contribution in [3.63, 3.8) is 0 Å². The Kier molecular flexibility index (Phi) is 4.10. The molecule has 5 heteroatoms. The van der Waals surface area contributed by atoms with E-state index in [2.05, 4.69) is 51.7 Å². The first kappa shape index (κ1) is 14.3. The molecule has 2 aromatic heterocycles. The molecular weight excluding hydrogens is 262 g/mol. The lowest BCUT2D eigenvalue weighted by atomic mass is 9.94. The van der Waals surface area contributed by atoms with Crippen LogP contribution >= 0.6 is 0 Å². The maximum absolute atomic E-state index is 4.64. The van der Waals surface area contributed by atoms with Crippen molar-refractivity contribution in [3.05, 3.63) is 34.9 Å². The largest absolute Gasteiger partial charge is 0.298 e. The fourth-order valence-electron chi connectivity index (χ4n) is 3.44. The molecule has 0 amide bonds. The summed E-state index contributed by atoms with van der Waals surface area (Å²) >= 11 is 0. The van der Waals surface area contributed by atoms with Crippen molar-refractivity contribution in [1.29, 1.82) is 0 Å². The van der Waals surface area contributed by atoms with E-state index in [1.165, 1.54) is 42.0 Å². The number of nitrogens with one attached hydrogen (secondary N) is 1. The quantitative estimate of drug-likeness (QED) is 0.940. The number of hydrogen-bond acceptors (Lipinski definition) is 3. The number of piperidine rings is 1. The molecule has 0 bridgehead atoms. The molecule has 0 spiro atoms. The predicted octanol–water partition coefficient (Wildman–Crippen LogP) is 2.62. The van der Waals surface area contributed by atoms with Gasteiger partial charge in [-0.1, -0.05) is 0 Å². The van der Waals surface area contributed by atoms with Crippen LogP contribution in [-0.4, -0.2) is 38.0 Å². The Morgan fingerprint density at radius 1 is 1.38 bits per heavy atom. The summed E-state index contributed by atoms with van der Waals surface area (Å²) in [6, 6.07) is 2.11. The van der Waals surface area contributed by atoms with Crippen LogP contribution in [0.2, 0.25) is 0 Å². The monoisotopic (exact) mass is 287 g/mol. The molecule has 3 rings (SSSR count). The van der Waals surface area contributed by atoms with Crippen molar-refractivity contribution in [2.45, 2.75) is 52.6 Å². The Morgan fingerprint density at radius 3 is 2.90 bits per heavy atom. The lowest BCUT2D eigenvalue weighted by Crippen LogP contribution is -2.34. The smallest absolute Gasteiger partial charge is 0.0641 e. The van der Waals surface area contributed by atoms with Crippen LogP contribution < -0.4 is 0 Å². The van der Waals surface area contributed by atoms with Gasteiger partial charge in [0.25, 0.3) is 0 Å². The van der Waals surface area contributed by atoms with E-state index >= 15 is 0 Å². The van der Waals surface area contributed by atoms with Crippen LogP contribution in [0.25, 0.3) is 0 Å². The van der Waals surface area contributed by atoms with E-state index in [9.17, 15) is 0 Å². The summed E-state index contributed by atoms with van der Waals surface area (Å²) in [6.07, 6.45) is 4.36. The van der Waals surface area contributed by atoms with E-state index in [-0.39, 0.29) is 0 Å². The molecule has 1 aliphatic heterocycles. The second kappa shape index (κ2) is 6.02. The number of likely N-dealkylation sites (tertiary alicyclic amines) is 1. The number of H-pyrrole nitrogens is 1. The van der Waals surface area contributed by atoms with Gasteiger partial charge in [-0.15, -0.1) is 0 Å². The molecule has 0 radical (unpaired) electrons. The summed E-state index contributed by atoms with van der Waals surface area (Å²) in [4.78, 5) is 2.56. The lowest BCUT2D eigenvalue weighted by Gasteiger charge is -2.32. The Labute approximate surface area is 126 Å². The SMILES string of the molecule is CCn1nc(C)c(CN2CCCC(c3ccn[nH]3)C2)c1C.